The van der Waals surface area contributed by atoms with Crippen molar-refractivity contribution < 1.29 is 29.6 Å². The van der Waals surface area contributed by atoms with Gasteiger partial charge < -0.3 is 6.92 Å². The third kappa shape index (κ3) is 2.87. The molecule has 1 aromatic rings. The molecule has 0 aliphatic heterocycles. The normalized spacial score (nSPS) is 11.8. The van der Waals surface area contributed by atoms with Crippen LogP contribution in [0.4, 0.5) is 0 Å². The molecule has 0 saturated carbocycles. The smallest absolute Gasteiger partial charge is 0.336 e. The molecule has 0 aromatic heterocycles. The number of benzene rings is 1. The summed E-state index contributed by atoms with van der Waals surface area (Å²) >= 11 is 0. The van der Waals surface area contributed by atoms with Crippen molar-refractivity contribution in [2.75, 3.05) is 0 Å². The van der Waals surface area contributed by atoms with Gasteiger partial charge >= 0.3 is 29.6 Å². The van der Waals surface area contributed by atoms with E-state index in [0.717, 1.165) is 0 Å². The van der Waals surface area contributed by atoms with Gasteiger partial charge in [-0.25, -0.2) is 0 Å². The minimum Gasteiger partial charge on any atom is -0.336 e. The number of rotatable bonds is 1. The minimum absolute atomic E-state index is 0. The molecule has 1 atom stereocenters. The summed E-state index contributed by atoms with van der Waals surface area (Å²) in [6.07, 6.45) is 0. The van der Waals surface area contributed by atoms with E-state index in [-0.39, 0.29) is 29.6 Å². The summed E-state index contributed by atoms with van der Waals surface area (Å²) in [4.78, 5) is 0. The summed E-state index contributed by atoms with van der Waals surface area (Å²) in [7, 11) is 0. The zero-order valence-electron chi connectivity index (χ0n) is 6.67. The van der Waals surface area contributed by atoms with Crippen LogP contribution in [0.3, 0.4) is 0 Å². The quantitative estimate of drug-likeness (QED) is 0.370. The SMILES string of the molecule is [CH2-]C(C)c1ccccc1.[Na+]. The topological polar surface area (TPSA) is 0 Å². The van der Waals surface area contributed by atoms with E-state index in [2.05, 4.69) is 26.0 Å². The third-order valence-electron chi connectivity index (χ3n) is 1.37. The first kappa shape index (κ1) is 10.2. The standard InChI is InChI=1S/C9H11.Na/c1-8(2)9-6-4-3-5-7-9;/h3-8H,1H2,2H3;/q-1;+1. The van der Waals surface area contributed by atoms with Gasteiger partial charge in [-0.15, -0.1) is 5.92 Å². The van der Waals surface area contributed by atoms with Gasteiger partial charge in [0.15, 0.2) is 0 Å². The van der Waals surface area contributed by atoms with Crippen LogP contribution in [-0.2, 0) is 0 Å². The Bertz CT molecular complexity index is 167. The van der Waals surface area contributed by atoms with Crippen LogP contribution in [-0.4, -0.2) is 0 Å². The van der Waals surface area contributed by atoms with Crippen molar-refractivity contribution >= 4 is 0 Å². The van der Waals surface area contributed by atoms with Crippen LogP contribution in [0.5, 0.6) is 0 Å². The fourth-order valence-electron chi connectivity index (χ4n) is 0.782. The summed E-state index contributed by atoms with van der Waals surface area (Å²) in [6.45, 7) is 6.00. The van der Waals surface area contributed by atoms with E-state index in [1.165, 1.54) is 5.56 Å². The first-order valence-electron chi connectivity index (χ1n) is 3.18. The fourth-order valence-corrected chi connectivity index (χ4v) is 0.782. The molecule has 10 heavy (non-hydrogen) atoms. The zero-order chi connectivity index (χ0) is 6.69. The maximum Gasteiger partial charge on any atom is 1.00 e. The van der Waals surface area contributed by atoms with Gasteiger partial charge in [-0.05, 0) is 0 Å². The average Bonchev–Trinajstić information content (AvgIpc) is 1.90. The van der Waals surface area contributed by atoms with E-state index in [1.807, 2.05) is 18.2 Å². The molecule has 0 aliphatic rings. The van der Waals surface area contributed by atoms with Crippen molar-refractivity contribution in [3.05, 3.63) is 42.8 Å². The van der Waals surface area contributed by atoms with Gasteiger partial charge in [0.2, 0.25) is 0 Å². The Hall–Kier alpha value is 0.220. The van der Waals surface area contributed by atoms with Crippen molar-refractivity contribution in [1.29, 1.82) is 0 Å². The Morgan fingerprint density at radius 3 is 2.00 bits per heavy atom. The van der Waals surface area contributed by atoms with Gasteiger partial charge in [-0.2, -0.15) is 0 Å². The Labute approximate surface area is 84.9 Å². The monoisotopic (exact) mass is 142 g/mol. The van der Waals surface area contributed by atoms with Gasteiger partial charge in [0.05, 0.1) is 0 Å². The zero-order valence-corrected chi connectivity index (χ0v) is 8.67. The molecule has 1 rings (SSSR count). The second-order valence-corrected chi connectivity index (χ2v) is 2.31. The molecule has 0 fully saturated rings. The van der Waals surface area contributed by atoms with Crippen LogP contribution in [0.25, 0.3) is 0 Å². The molecule has 0 N–H and O–H groups in total. The molecule has 0 spiro atoms. The van der Waals surface area contributed by atoms with Gasteiger partial charge in [0, 0.05) is 0 Å². The predicted octanol–water partition coefficient (Wildman–Crippen LogP) is -0.372. The Balaban J connectivity index is 0.000000810. The van der Waals surface area contributed by atoms with Crippen LogP contribution in [0.15, 0.2) is 30.3 Å². The predicted molar refractivity (Wildman–Crippen MR) is 40.2 cm³/mol. The summed E-state index contributed by atoms with van der Waals surface area (Å²) in [5, 5.41) is 0. The molecule has 48 valence electrons. The van der Waals surface area contributed by atoms with Crippen LogP contribution in [0.2, 0.25) is 0 Å². The van der Waals surface area contributed by atoms with Gasteiger partial charge in [0.1, 0.15) is 0 Å². The van der Waals surface area contributed by atoms with E-state index in [0.29, 0.717) is 5.92 Å². The molecular formula is C9H11Na. The van der Waals surface area contributed by atoms with Crippen molar-refractivity contribution in [2.24, 2.45) is 0 Å². The number of hydrogen-bond acceptors (Lipinski definition) is 0. The minimum atomic E-state index is 0. The molecule has 0 heterocycles. The Morgan fingerprint density at radius 2 is 1.70 bits per heavy atom. The first-order valence-corrected chi connectivity index (χ1v) is 3.18. The maximum absolute atomic E-state index is 3.91. The molecule has 1 unspecified atom stereocenters. The summed E-state index contributed by atoms with van der Waals surface area (Å²) < 4.78 is 0. The van der Waals surface area contributed by atoms with Gasteiger partial charge in [0.25, 0.3) is 0 Å². The molecule has 0 radical (unpaired) electrons. The van der Waals surface area contributed by atoms with Crippen molar-refractivity contribution in [1.82, 2.24) is 0 Å². The molecule has 1 heteroatoms. The molecule has 1 aromatic carbocycles. The Morgan fingerprint density at radius 1 is 1.20 bits per heavy atom. The second-order valence-electron chi connectivity index (χ2n) is 2.31. The van der Waals surface area contributed by atoms with E-state index in [9.17, 15) is 0 Å². The summed E-state index contributed by atoms with van der Waals surface area (Å²) in [5.41, 5.74) is 1.30. The summed E-state index contributed by atoms with van der Waals surface area (Å²) in [5.74, 6) is 0.409. The van der Waals surface area contributed by atoms with Gasteiger partial charge in [-0.1, -0.05) is 42.8 Å². The van der Waals surface area contributed by atoms with Crippen molar-refractivity contribution in [3.63, 3.8) is 0 Å². The summed E-state index contributed by atoms with van der Waals surface area (Å²) in [6, 6.07) is 10.3. The van der Waals surface area contributed by atoms with Crippen LogP contribution >= 0.6 is 0 Å². The molecule has 0 saturated heterocycles. The molecule has 0 nitrogen and oxygen atoms in total. The van der Waals surface area contributed by atoms with Crippen LogP contribution in [0, 0.1) is 6.92 Å². The first-order chi connectivity index (χ1) is 4.30. The van der Waals surface area contributed by atoms with E-state index < -0.39 is 0 Å². The molecule has 0 aliphatic carbocycles. The van der Waals surface area contributed by atoms with E-state index in [4.69, 9.17) is 0 Å². The largest absolute Gasteiger partial charge is 1.00 e. The molecule has 0 amide bonds. The van der Waals surface area contributed by atoms with E-state index in [1.54, 1.807) is 0 Å². The van der Waals surface area contributed by atoms with E-state index >= 15 is 0 Å². The van der Waals surface area contributed by atoms with Gasteiger partial charge in [-0.3, -0.25) is 0 Å². The fraction of sp³-hybridized carbons (Fsp3) is 0.222. The molecular weight excluding hydrogens is 131 g/mol. The maximum atomic E-state index is 3.91. The average molecular weight is 142 g/mol. The van der Waals surface area contributed by atoms with Crippen LogP contribution < -0.4 is 29.6 Å². The second kappa shape index (κ2) is 4.95. The van der Waals surface area contributed by atoms with Crippen LogP contribution in [0.1, 0.15) is 18.4 Å². The third-order valence-corrected chi connectivity index (χ3v) is 1.37. The number of hydrogen-bond donors (Lipinski definition) is 0. The Kier molecular flexibility index (Phi) is 5.06. The van der Waals surface area contributed by atoms with Crippen molar-refractivity contribution in [3.8, 4) is 0 Å². The van der Waals surface area contributed by atoms with Crippen molar-refractivity contribution in [2.45, 2.75) is 12.8 Å². The molecule has 0 bridgehead atoms.